The molecule has 0 bridgehead atoms. The molecule has 1 aromatic rings. The van der Waals surface area contributed by atoms with Crippen molar-refractivity contribution < 1.29 is 13.3 Å². The topological polar surface area (TPSA) is 39.7 Å². The lowest BCUT2D eigenvalue weighted by atomic mass is 10.3. The summed E-state index contributed by atoms with van der Waals surface area (Å²) in [5, 5.41) is 3.46. The van der Waals surface area contributed by atoms with Crippen LogP contribution in [0.3, 0.4) is 0 Å². The molecule has 0 amide bonds. The SMILES string of the molecule is CCCC(Nc1ccccc1)[Si](OC)(OC)OC. The number of hydrogen-bond acceptors (Lipinski definition) is 4. The van der Waals surface area contributed by atoms with Gasteiger partial charge in [0.05, 0.1) is 5.67 Å². The van der Waals surface area contributed by atoms with Gasteiger partial charge < -0.3 is 18.6 Å². The summed E-state index contributed by atoms with van der Waals surface area (Å²) in [7, 11) is 2.28. The van der Waals surface area contributed by atoms with E-state index in [1.807, 2.05) is 30.3 Å². The van der Waals surface area contributed by atoms with E-state index < -0.39 is 8.80 Å². The molecular formula is C13H23NO3Si. The van der Waals surface area contributed by atoms with Crippen LogP contribution < -0.4 is 5.32 Å². The largest absolute Gasteiger partial charge is 0.523 e. The summed E-state index contributed by atoms with van der Waals surface area (Å²) in [5.74, 6) is 0. The molecule has 18 heavy (non-hydrogen) atoms. The Morgan fingerprint density at radius 3 is 2.06 bits per heavy atom. The zero-order valence-corrected chi connectivity index (χ0v) is 12.6. The Morgan fingerprint density at radius 2 is 1.61 bits per heavy atom. The van der Waals surface area contributed by atoms with Gasteiger partial charge in [-0.2, -0.15) is 0 Å². The molecule has 1 atom stereocenters. The van der Waals surface area contributed by atoms with Gasteiger partial charge in [0.25, 0.3) is 0 Å². The minimum Gasteiger partial charge on any atom is -0.378 e. The van der Waals surface area contributed by atoms with Crippen molar-refractivity contribution in [1.29, 1.82) is 0 Å². The van der Waals surface area contributed by atoms with Gasteiger partial charge in [0.15, 0.2) is 0 Å². The normalized spacial score (nSPS) is 13.3. The van der Waals surface area contributed by atoms with Crippen molar-refractivity contribution in [2.24, 2.45) is 0 Å². The quantitative estimate of drug-likeness (QED) is 0.737. The van der Waals surface area contributed by atoms with Gasteiger partial charge in [0.1, 0.15) is 0 Å². The lowest BCUT2D eigenvalue weighted by Gasteiger charge is -2.33. The molecule has 1 rings (SSSR count). The minimum absolute atomic E-state index is 0.0601. The third kappa shape index (κ3) is 3.55. The highest BCUT2D eigenvalue weighted by Gasteiger charge is 2.47. The van der Waals surface area contributed by atoms with Gasteiger partial charge in [-0.15, -0.1) is 0 Å². The first-order valence-electron chi connectivity index (χ1n) is 6.19. The molecule has 0 aliphatic carbocycles. The van der Waals surface area contributed by atoms with Crippen molar-refractivity contribution in [1.82, 2.24) is 0 Å². The number of nitrogens with one attached hydrogen (secondary N) is 1. The molecule has 1 aromatic carbocycles. The number of rotatable bonds is 8. The van der Waals surface area contributed by atoms with Crippen LogP contribution in [0.2, 0.25) is 0 Å². The highest BCUT2D eigenvalue weighted by atomic mass is 28.4. The van der Waals surface area contributed by atoms with E-state index in [9.17, 15) is 0 Å². The van der Waals surface area contributed by atoms with E-state index in [0.29, 0.717) is 0 Å². The van der Waals surface area contributed by atoms with Gasteiger partial charge in [-0.1, -0.05) is 31.5 Å². The summed E-state index contributed by atoms with van der Waals surface area (Å²) < 4.78 is 16.7. The van der Waals surface area contributed by atoms with Gasteiger partial charge in [-0.3, -0.25) is 0 Å². The van der Waals surface area contributed by atoms with E-state index >= 15 is 0 Å². The molecular weight excluding hydrogens is 246 g/mol. The van der Waals surface area contributed by atoms with E-state index in [2.05, 4.69) is 12.2 Å². The maximum Gasteiger partial charge on any atom is 0.523 e. The number of anilines is 1. The lowest BCUT2D eigenvalue weighted by molar-refractivity contribution is 0.114. The van der Waals surface area contributed by atoms with Gasteiger partial charge in [0, 0.05) is 27.0 Å². The Morgan fingerprint density at radius 1 is 1.06 bits per heavy atom. The average molecular weight is 269 g/mol. The fraction of sp³-hybridized carbons (Fsp3) is 0.538. The molecule has 1 unspecified atom stereocenters. The molecule has 0 aliphatic heterocycles. The van der Waals surface area contributed by atoms with Crippen LogP contribution in [0, 0.1) is 0 Å². The van der Waals surface area contributed by atoms with Crippen molar-refractivity contribution in [3.8, 4) is 0 Å². The molecule has 0 saturated carbocycles. The van der Waals surface area contributed by atoms with Crippen molar-refractivity contribution in [2.45, 2.75) is 25.4 Å². The zero-order valence-electron chi connectivity index (χ0n) is 11.6. The Bertz CT molecular complexity index is 322. The summed E-state index contributed by atoms with van der Waals surface area (Å²) in [6.45, 7) is 2.14. The highest BCUT2D eigenvalue weighted by Crippen LogP contribution is 2.20. The summed E-state index contributed by atoms with van der Waals surface area (Å²) in [6, 6.07) is 10.1. The van der Waals surface area contributed by atoms with Crippen LogP contribution in [0.25, 0.3) is 0 Å². The zero-order chi connectivity index (χ0) is 13.4. The Balaban J connectivity index is 2.87. The van der Waals surface area contributed by atoms with Gasteiger partial charge >= 0.3 is 8.80 Å². The molecule has 0 saturated heterocycles. The fourth-order valence-electron chi connectivity index (χ4n) is 2.04. The number of hydrogen-bond donors (Lipinski definition) is 1. The number of benzene rings is 1. The number of para-hydroxylation sites is 1. The van der Waals surface area contributed by atoms with Crippen LogP contribution in [0.15, 0.2) is 30.3 Å². The second-order valence-electron chi connectivity index (χ2n) is 4.07. The van der Waals surface area contributed by atoms with E-state index in [-0.39, 0.29) is 5.67 Å². The molecule has 0 heterocycles. The predicted molar refractivity (Wildman–Crippen MR) is 75.5 cm³/mol. The van der Waals surface area contributed by atoms with Crippen LogP contribution in [-0.2, 0) is 13.3 Å². The van der Waals surface area contributed by atoms with Crippen molar-refractivity contribution in [3.63, 3.8) is 0 Å². The molecule has 0 aromatic heterocycles. The third-order valence-corrected chi connectivity index (χ3v) is 5.97. The van der Waals surface area contributed by atoms with Crippen LogP contribution >= 0.6 is 0 Å². The molecule has 0 radical (unpaired) electrons. The molecule has 0 fully saturated rings. The van der Waals surface area contributed by atoms with E-state index in [4.69, 9.17) is 13.3 Å². The first-order chi connectivity index (χ1) is 8.72. The molecule has 1 N–H and O–H groups in total. The Kier molecular flexibility index (Phi) is 6.35. The van der Waals surface area contributed by atoms with Crippen LogP contribution in [0.4, 0.5) is 5.69 Å². The molecule has 102 valence electrons. The predicted octanol–water partition coefficient (Wildman–Crippen LogP) is 2.68. The summed E-state index contributed by atoms with van der Waals surface area (Å²) in [5.41, 5.74) is 1.11. The van der Waals surface area contributed by atoms with Gasteiger partial charge in [0.2, 0.25) is 0 Å². The molecule has 4 nitrogen and oxygen atoms in total. The van der Waals surface area contributed by atoms with Crippen molar-refractivity contribution in [2.75, 3.05) is 26.6 Å². The lowest BCUT2D eigenvalue weighted by Crippen LogP contribution is -2.57. The Labute approximate surface area is 111 Å². The molecule has 0 spiro atoms. The first kappa shape index (κ1) is 15.2. The van der Waals surface area contributed by atoms with E-state index in [1.165, 1.54) is 0 Å². The second-order valence-corrected chi connectivity index (χ2v) is 7.20. The highest BCUT2D eigenvalue weighted by molar-refractivity contribution is 6.63. The fourth-order valence-corrected chi connectivity index (χ4v) is 4.38. The second kappa shape index (κ2) is 7.53. The Hall–Kier alpha value is -0.883. The molecule has 5 heteroatoms. The van der Waals surface area contributed by atoms with Gasteiger partial charge in [-0.05, 0) is 18.6 Å². The average Bonchev–Trinajstić information content (AvgIpc) is 2.43. The van der Waals surface area contributed by atoms with Crippen molar-refractivity contribution >= 4 is 14.5 Å². The monoisotopic (exact) mass is 269 g/mol. The summed E-state index contributed by atoms with van der Waals surface area (Å²) in [4.78, 5) is 0. The maximum atomic E-state index is 5.56. The summed E-state index contributed by atoms with van der Waals surface area (Å²) in [6.07, 6.45) is 1.98. The third-order valence-electron chi connectivity index (χ3n) is 2.97. The van der Waals surface area contributed by atoms with E-state index in [1.54, 1.807) is 21.3 Å². The van der Waals surface area contributed by atoms with Crippen LogP contribution in [0.1, 0.15) is 19.8 Å². The minimum atomic E-state index is -2.66. The molecule has 0 aliphatic rings. The van der Waals surface area contributed by atoms with Crippen LogP contribution in [0.5, 0.6) is 0 Å². The first-order valence-corrected chi connectivity index (χ1v) is 7.99. The summed E-state index contributed by atoms with van der Waals surface area (Å²) >= 11 is 0. The van der Waals surface area contributed by atoms with Crippen LogP contribution in [-0.4, -0.2) is 35.8 Å². The van der Waals surface area contributed by atoms with Crippen molar-refractivity contribution in [3.05, 3.63) is 30.3 Å². The van der Waals surface area contributed by atoms with Gasteiger partial charge in [-0.25, -0.2) is 0 Å². The van der Waals surface area contributed by atoms with E-state index in [0.717, 1.165) is 18.5 Å². The smallest absolute Gasteiger partial charge is 0.378 e. The maximum absolute atomic E-state index is 5.56. The standard InChI is InChI=1S/C13H23NO3Si/c1-5-9-13(18(15-2,16-3)17-4)14-12-10-7-6-8-11-12/h6-8,10-11,13-14H,5,9H2,1-4H3.